The van der Waals surface area contributed by atoms with Gasteiger partial charge in [-0.15, -0.1) is 11.3 Å². The molecule has 3 heterocycles. The number of thiophene rings is 1. The van der Waals surface area contributed by atoms with Crippen LogP contribution in [-0.4, -0.2) is 4.98 Å². The summed E-state index contributed by atoms with van der Waals surface area (Å²) in [6, 6.07) is 18.9. The van der Waals surface area contributed by atoms with E-state index in [0.717, 1.165) is 55.5 Å². The van der Waals surface area contributed by atoms with E-state index in [0.29, 0.717) is 16.7 Å². The molecule has 6 heteroatoms. The Labute approximate surface area is 229 Å². The molecule has 0 saturated carbocycles. The molecule has 0 radical (unpaired) electrons. The van der Waals surface area contributed by atoms with Crippen molar-refractivity contribution in [3.05, 3.63) is 89.1 Å². The highest BCUT2D eigenvalue weighted by atomic mass is 32.1. The normalized spacial score (nSPS) is 12.7. The fourth-order valence-electron chi connectivity index (χ4n) is 5.50. The van der Waals surface area contributed by atoms with Crippen LogP contribution in [0.15, 0.2) is 71.3 Å². The van der Waals surface area contributed by atoms with Gasteiger partial charge in [0.2, 0.25) is 0 Å². The zero-order valence-corrected chi connectivity index (χ0v) is 23.3. The maximum absolute atomic E-state index is 14.8. The predicted octanol–water partition coefficient (Wildman–Crippen LogP) is 10.8. The van der Waals surface area contributed by atoms with Gasteiger partial charge in [0, 0.05) is 38.2 Å². The minimum absolute atomic E-state index is 0.0519. The van der Waals surface area contributed by atoms with Crippen molar-refractivity contribution in [1.82, 2.24) is 4.98 Å². The van der Waals surface area contributed by atoms with Crippen molar-refractivity contribution in [2.45, 2.75) is 47.2 Å². The number of fused-ring (bicyclic) bond motifs is 4. The Kier molecular flexibility index (Phi) is 5.88. The maximum atomic E-state index is 14.8. The van der Waals surface area contributed by atoms with Crippen LogP contribution in [0.4, 0.5) is 13.2 Å². The first kappa shape index (κ1) is 25.6. The zero-order chi connectivity index (χ0) is 27.7. The van der Waals surface area contributed by atoms with Crippen molar-refractivity contribution < 1.29 is 17.6 Å². The first-order chi connectivity index (χ1) is 18.4. The van der Waals surface area contributed by atoms with Gasteiger partial charge in [-0.25, -0.2) is 0 Å². The molecule has 2 nitrogen and oxygen atoms in total. The smallest absolute Gasteiger partial charge is 0.418 e. The van der Waals surface area contributed by atoms with Crippen LogP contribution in [0, 0.1) is 19.3 Å². The van der Waals surface area contributed by atoms with Crippen LogP contribution >= 0.6 is 11.3 Å². The van der Waals surface area contributed by atoms with E-state index in [2.05, 4.69) is 31.8 Å². The number of pyridine rings is 1. The minimum atomic E-state index is -4.57. The molecule has 0 aliphatic rings. The van der Waals surface area contributed by atoms with Crippen molar-refractivity contribution in [2.24, 2.45) is 5.41 Å². The SMILES string of the molecule is Cc1cc(C)cc(-c2nccc3c2sc2c(C(F)(F)F)c(-c4cc5ccc(CC(C)(C)C)cc5o4)ccc23)c1. The first-order valence-corrected chi connectivity index (χ1v) is 13.7. The van der Waals surface area contributed by atoms with Crippen molar-refractivity contribution in [3.63, 3.8) is 0 Å². The van der Waals surface area contributed by atoms with E-state index in [9.17, 15) is 13.2 Å². The summed E-state index contributed by atoms with van der Waals surface area (Å²) in [5.41, 5.74) is 4.93. The van der Waals surface area contributed by atoms with Crippen molar-refractivity contribution >= 4 is 42.5 Å². The Morgan fingerprint density at radius 1 is 0.821 bits per heavy atom. The molecule has 3 aromatic carbocycles. The Hall–Kier alpha value is -3.64. The van der Waals surface area contributed by atoms with Gasteiger partial charge in [0.1, 0.15) is 11.3 Å². The largest absolute Gasteiger partial charge is 0.456 e. The highest BCUT2D eigenvalue weighted by Gasteiger charge is 2.38. The van der Waals surface area contributed by atoms with Crippen LogP contribution in [0.5, 0.6) is 0 Å². The standard InChI is InChI=1S/C33H28F3NOS/c1-18-12-19(2)14-22(13-18)29-31-24(10-11-37-29)23-8-9-25(28(30(23)39-31)33(34,35)36)27-16-21-7-6-20(15-26(21)38-27)17-32(3,4)5/h6-16H,17H2,1-5H3. The number of hydrogen-bond acceptors (Lipinski definition) is 3. The Bertz CT molecular complexity index is 1870. The third kappa shape index (κ3) is 4.71. The molecule has 3 aromatic heterocycles. The molecule has 6 aromatic rings. The maximum Gasteiger partial charge on any atom is 0.418 e. The van der Waals surface area contributed by atoms with E-state index < -0.39 is 11.7 Å². The number of hydrogen-bond donors (Lipinski definition) is 0. The lowest BCUT2D eigenvalue weighted by Crippen LogP contribution is -2.08. The molecule has 39 heavy (non-hydrogen) atoms. The summed E-state index contributed by atoms with van der Waals surface area (Å²) in [5.74, 6) is 0.220. The van der Waals surface area contributed by atoms with Gasteiger partial charge in [-0.2, -0.15) is 13.2 Å². The molecular weight excluding hydrogens is 515 g/mol. The van der Waals surface area contributed by atoms with Gasteiger partial charge in [-0.05, 0) is 67.6 Å². The number of aryl methyl sites for hydroxylation is 2. The van der Waals surface area contributed by atoms with Gasteiger partial charge in [-0.1, -0.05) is 56.2 Å². The van der Waals surface area contributed by atoms with E-state index in [1.54, 1.807) is 30.5 Å². The van der Waals surface area contributed by atoms with E-state index >= 15 is 0 Å². The highest BCUT2D eigenvalue weighted by molar-refractivity contribution is 7.26. The summed E-state index contributed by atoms with van der Waals surface area (Å²) in [6.07, 6.45) is -2.05. The molecular formula is C33H28F3NOS. The van der Waals surface area contributed by atoms with E-state index in [4.69, 9.17) is 4.42 Å². The number of benzene rings is 3. The third-order valence-corrected chi connectivity index (χ3v) is 8.17. The summed E-state index contributed by atoms with van der Waals surface area (Å²) >= 11 is 1.15. The molecule has 0 bridgehead atoms. The van der Waals surface area contributed by atoms with E-state index in [1.807, 2.05) is 44.2 Å². The van der Waals surface area contributed by atoms with E-state index in [-0.39, 0.29) is 21.4 Å². The quantitative estimate of drug-likeness (QED) is 0.222. The Balaban J connectivity index is 1.57. The van der Waals surface area contributed by atoms with Crippen molar-refractivity contribution in [3.8, 4) is 22.6 Å². The predicted molar refractivity (Wildman–Crippen MR) is 155 cm³/mol. The third-order valence-electron chi connectivity index (χ3n) is 6.92. The summed E-state index contributed by atoms with van der Waals surface area (Å²) in [6.45, 7) is 10.5. The van der Waals surface area contributed by atoms with Crippen LogP contribution < -0.4 is 0 Å². The van der Waals surface area contributed by atoms with Gasteiger partial charge in [-0.3, -0.25) is 4.98 Å². The fourth-order valence-corrected chi connectivity index (χ4v) is 6.88. The lowest BCUT2D eigenvalue weighted by Gasteiger charge is -2.17. The van der Waals surface area contributed by atoms with Gasteiger partial charge in [0.05, 0.1) is 16.0 Å². The average Bonchev–Trinajstić information content (AvgIpc) is 3.42. The molecule has 0 unspecified atom stereocenters. The summed E-state index contributed by atoms with van der Waals surface area (Å²) in [7, 11) is 0. The minimum Gasteiger partial charge on any atom is -0.456 e. The Morgan fingerprint density at radius 3 is 2.23 bits per heavy atom. The molecule has 0 atom stereocenters. The second-order valence-electron chi connectivity index (χ2n) is 11.6. The van der Waals surface area contributed by atoms with Gasteiger partial charge in [0.25, 0.3) is 0 Å². The zero-order valence-electron chi connectivity index (χ0n) is 22.5. The van der Waals surface area contributed by atoms with Crippen LogP contribution in [0.3, 0.4) is 0 Å². The Morgan fingerprint density at radius 2 is 1.54 bits per heavy atom. The number of furan rings is 1. The molecule has 0 N–H and O–H groups in total. The monoisotopic (exact) mass is 543 g/mol. The molecule has 0 spiro atoms. The summed E-state index contributed by atoms with van der Waals surface area (Å²) in [5, 5.41) is 2.13. The van der Waals surface area contributed by atoms with Crippen LogP contribution in [0.25, 0.3) is 53.7 Å². The number of halogens is 3. The van der Waals surface area contributed by atoms with Gasteiger partial charge >= 0.3 is 6.18 Å². The molecule has 0 amide bonds. The van der Waals surface area contributed by atoms with Crippen LogP contribution in [0.1, 0.15) is 43.0 Å². The number of alkyl halides is 3. The van der Waals surface area contributed by atoms with Crippen LogP contribution in [-0.2, 0) is 12.6 Å². The molecule has 0 aliphatic heterocycles. The summed E-state index contributed by atoms with van der Waals surface area (Å²) in [4.78, 5) is 4.60. The number of rotatable bonds is 3. The molecule has 6 rings (SSSR count). The topological polar surface area (TPSA) is 26.0 Å². The van der Waals surface area contributed by atoms with Gasteiger partial charge < -0.3 is 4.42 Å². The lowest BCUT2D eigenvalue weighted by atomic mass is 9.88. The number of nitrogens with zero attached hydrogens (tertiary/aromatic N) is 1. The van der Waals surface area contributed by atoms with Gasteiger partial charge in [0.15, 0.2) is 0 Å². The van der Waals surface area contributed by atoms with E-state index in [1.165, 1.54) is 0 Å². The molecule has 198 valence electrons. The van der Waals surface area contributed by atoms with Crippen LogP contribution in [0.2, 0.25) is 0 Å². The molecule has 0 saturated heterocycles. The lowest BCUT2D eigenvalue weighted by molar-refractivity contribution is -0.135. The number of aromatic nitrogens is 1. The summed E-state index contributed by atoms with van der Waals surface area (Å²) < 4.78 is 51.4. The molecule has 0 fully saturated rings. The average molecular weight is 544 g/mol. The second-order valence-corrected chi connectivity index (χ2v) is 12.6. The van der Waals surface area contributed by atoms with Crippen molar-refractivity contribution in [1.29, 1.82) is 0 Å². The second kappa shape index (κ2) is 8.95. The molecule has 0 aliphatic carbocycles. The fraction of sp³-hybridized carbons (Fsp3) is 0.242. The highest BCUT2D eigenvalue weighted by Crippen LogP contribution is 2.49. The first-order valence-electron chi connectivity index (χ1n) is 12.9. The van der Waals surface area contributed by atoms with Crippen molar-refractivity contribution in [2.75, 3.05) is 0 Å².